The fourth-order valence-electron chi connectivity index (χ4n) is 3.06. The van der Waals surface area contributed by atoms with Gasteiger partial charge >= 0.3 is 0 Å². The Morgan fingerprint density at radius 2 is 1.68 bits per heavy atom. The van der Waals surface area contributed by atoms with E-state index in [9.17, 15) is 8.42 Å². The molecule has 0 spiro atoms. The minimum Gasteiger partial charge on any atom is -0.357 e. The van der Waals surface area contributed by atoms with Crippen molar-refractivity contribution in [1.82, 2.24) is 4.98 Å². The third kappa shape index (κ3) is 5.46. The maximum absolute atomic E-state index is 12.3. The van der Waals surface area contributed by atoms with Crippen LogP contribution in [-0.4, -0.2) is 32.2 Å². The Balaban J connectivity index is 1.58. The molecule has 0 radical (unpaired) electrons. The van der Waals surface area contributed by atoms with Crippen LogP contribution >= 0.6 is 0 Å². The van der Waals surface area contributed by atoms with Crippen LogP contribution < -0.4 is 9.62 Å². The third-order valence-electron chi connectivity index (χ3n) is 4.45. The molecule has 1 fully saturated rings. The highest BCUT2D eigenvalue weighted by Crippen LogP contribution is 2.19. The molecule has 1 N–H and O–H groups in total. The van der Waals surface area contributed by atoms with Gasteiger partial charge in [-0.2, -0.15) is 0 Å². The van der Waals surface area contributed by atoms with E-state index in [4.69, 9.17) is 0 Å². The van der Waals surface area contributed by atoms with Gasteiger partial charge in [0.1, 0.15) is 5.82 Å². The number of nitrogens with zero attached hydrogens (tertiary/aromatic N) is 2. The minimum atomic E-state index is -3.38. The zero-order valence-electron chi connectivity index (χ0n) is 14.4. The molecule has 25 heavy (non-hydrogen) atoms. The van der Waals surface area contributed by atoms with Crippen molar-refractivity contribution >= 4 is 21.5 Å². The third-order valence-corrected chi connectivity index (χ3v) is 5.74. The summed E-state index contributed by atoms with van der Waals surface area (Å²) in [6.07, 6.45) is 7.03. The first-order valence-corrected chi connectivity index (χ1v) is 10.5. The predicted molar refractivity (Wildman–Crippen MR) is 102 cm³/mol. The van der Waals surface area contributed by atoms with Gasteiger partial charge in [0.05, 0.1) is 17.6 Å². The van der Waals surface area contributed by atoms with Gasteiger partial charge in [0.2, 0.25) is 10.0 Å². The maximum Gasteiger partial charge on any atom is 0.233 e. The first kappa shape index (κ1) is 17.7. The Kier molecular flexibility index (Phi) is 5.91. The standard InChI is InChI=1S/C19H25N3O2S/c23-25(24,15-12-17-8-4-3-5-9-17)21-18-10-11-19(20-16-18)22-13-6-1-2-7-14-22/h3-5,8-11,16,21H,1-2,6-7,12-15H2. The number of rotatable bonds is 6. The van der Waals surface area contributed by atoms with E-state index in [1.807, 2.05) is 36.4 Å². The van der Waals surface area contributed by atoms with Crippen molar-refractivity contribution in [3.05, 3.63) is 54.2 Å². The van der Waals surface area contributed by atoms with Gasteiger partial charge in [0, 0.05) is 13.1 Å². The van der Waals surface area contributed by atoms with Gasteiger partial charge in [0.25, 0.3) is 0 Å². The number of aryl methyl sites for hydroxylation is 1. The van der Waals surface area contributed by atoms with Gasteiger partial charge in [-0.1, -0.05) is 43.2 Å². The number of anilines is 2. The number of hydrogen-bond donors (Lipinski definition) is 1. The fraction of sp³-hybridized carbons (Fsp3) is 0.421. The molecule has 0 amide bonds. The quantitative estimate of drug-likeness (QED) is 0.858. The molecular weight excluding hydrogens is 334 g/mol. The Morgan fingerprint density at radius 3 is 2.32 bits per heavy atom. The summed E-state index contributed by atoms with van der Waals surface area (Å²) in [4.78, 5) is 6.72. The molecule has 0 saturated carbocycles. The SMILES string of the molecule is O=S(=O)(CCc1ccccc1)Nc1ccc(N2CCCCCC2)nc1. The van der Waals surface area contributed by atoms with Crippen LogP contribution in [0.2, 0.25) is 0 Å². The van der Waals surface area contributed by atoms with Gasteiger partial charge in [-0.15, -0.1) is 0 Å². The largest absolute Gasteiger partial charge is 0.357 e. The lowest BCUT2D eigenvalue weighted by atomic mass is 10.2. The summed E-state index contributed by atoms with van der Waals surface area (Å²) >= 11 is 0. The van der Waals surface area contributed by atoms with Crippen LogP contribution in [-0.2, 0) is 16.4 Å². The molecule has 6 heteroatoms. The lowest BCUT2D eigenvalue weighted by Gasteiger charge is -2.21. The Bertz CT molecular complexity index is 753. The molecule has 5 nitrogen and oxygen atoms in total. The summed E-state index contributed by atoms with van der Waals surface area (Å²) < 4.78 is 27.1. The first-order valence-electron chi connectivity index (χ1n) is 8.88. The molecular formula is C19H25N3O2S. The van der Waals surface area contributed by atoms with Crippen molar-refractivity contribution in [3.63, 3.8) is 0 Å². The Morgan fingerprint density at radius 1 is 0.960 bits per heavy atom. The molecule has 1 saturated heterocycles. The van der Waals surface area contributed by atoms with Crippen LogP contribution in [0.5, 0.6) is 0 Å². The molecule has 1 aliphatic heterocycles. The number of aromatic nitrogens is 1. The molecule has 0 unspecified atom stereocenters. The molecule has 3 rings (SSSR count). The maximum atomic E-state index is 12.3. The minimum absolute atomic E-state index is 0.0604. The fourth-order valence-corrected chi connectivity index (χ4v) is 4.15. The van der Waals surface area contributed by atoms with Gasteiger partial charge in [-0.25, -0.2) is 13.4 Å². The van der Waals surface area contributed by atoms with Gasteiger partial charge in [-0.3, -0.25) is 4.72 Å². The van der Waals surface area contributed by atoms with Gasteiger partial charge < -0.3 is 4.90 Å². The predicted octanol–water partition coefficient (Wildman–Crippen LogP) is 3.45. The number of hydrogen-bond acceptors (Lipinski definition) is 4. The van der Waals surface area contributed by atoms with E-state index >= 15 is 0 Å². The Hall–Kier alpha value is -2.08. The van der Waals surface area contributed by atoms with Crippen molar-refractivity contribution < 1.29 is 8.42 Å². The van der Waals surface area contributed by atoms with E-state index in [1.54, 1.807) is 12.3 Å². The lowest BCUT2D eigenvalue weighted by Crippen LogP contribution is -2.25. The zero-order valence-corrected chi connectivity index (χ0v) is 15.2. The molecule has 2 aromatic rings. The molecule has 0 aliphatic carbocycles. The molecule has 1 aliphatic rings. The Labute approximate surface area is 150 Å². The monoisotopic (exact) mass is 359 g/mol. The molecule has 0 bridgehead atoms. The van der Waals surface area contributed by atoms with Crippen molar-refractivity contribution in [2.75, 3.05) is 28.5 Å². The lowest BCUT2D eigenvalue weighted by molar-refractivity contribution is 0.600. The molecule has 134 valence electrons. The summed E-state index contributed by atoms with van der Waals surface area (Å²) in [5.74, 6) is 0.986. The number of benzene rings is 1. The van der Waals surface area contributed by atoms with Crippen LogP contribution in [0.4, 0.5) is 11.5 Å². The number of sulfonamides is 1. The van der Waals surface area contributed by atoms with Crippen molar-refractivity contribution in [2.24, 2.45) is 0 Å². The van der Waals surface area contributed by atoms with Crippen LogP contribution in [0.25, 0.3) is 0 Å². The van der Waals surface area contributed by atoms with Gasteiger partial charge in [0.15, 0.2) is 0 Å². The first-order chi connectivity index (χ1) is 12.1. The number of nitrogens with one attached hydrogen (secondary N) is 1. The van der Waals surface area contributed by atoms with E-state index in [2.05, 4.69) is 14.6 Å². The zero-order chi connectivity index (χ0) is 17.5. The topological polar surface area (TPSA) is 62.3 Å². The second kappa shape index (κ2) is 8.34. The summed E-state index contributed by atoms with van der Waals surface area (Å²) in [6.45, 7) is 2.05. The number of pyridine rings is 1. The molecule has 1 aromatic carbocycles. The van der Waals surface area contributed by atoms with E-state index in [-0.39, 0.29) is 5.75 Å². The highest BCUT2D eigenvalue weighted by Gasteiger charge is 2.13. The molecule has 0 atom stereocenters. The summed E-state index contributed by atoms with van der Waals surface area (Å²) in [7, 11) is -3.38. The average molecular weight is 359 g/mol. The average Bonchev–Trinajstić information content (AvgIpc) is 2.91. The second-order valence-corrected chi connectivity index (χ2v) is 8.30. The van der Waals surface area contributed by atoms with E-state index in [0.29, 0.717) is 12.1 Å². The summed E-state index contributed by atoms with van der Waals surface area (Å²) in [5, 5.41) is 0. The van der Waals surface area contributed by atoms with E-state index in [0.717, 1.165) is 24.5 Å². The van der Waals surface area contributed by atoms with Crippen molar-refractivity contribution in [1.29, 1.82) is 0 Å². The van der Waals surface area contributed by atoms with Crippen molar-refractivity contribution in [2.45, 2.75) is 32.1 Å². The highest BCUT2D eigenvalue weighted by atomic mass is 32.2. The van der Waals surface area contributed by atoms with E-state index < -0.39 is 10.0 Å². The van der Waals surface area contributed by atoms with Crippen molar-refractivity contribution in [3.8, 4) is 0 Å². The van der Waals surface area contributed by atoms with E-state index in [1.165, 1.54) is 25.7 Å². The summed E-state index contributed by atoms with van der Waals surface area (Å²) in [6, 6.07) is 13.3. The smallest absolute Gasteiger partial charge is 0.233 e. The van der Waals surface area contributed by atoms with Gasteiger partial charge in [-0.05, 0) is 37.0 Å². The molecule has 2 heterocycles. The highest BCUT2D eigenvalue weighted by molar-refractivity contribution is 7.92. The second-order valence-electron chi connectivity index (χ2n) is 6.46. The normalized spacial score (nSPS) is 15.6. The summed E-state index contributed by atoms with van der Waals surface area (Å²) in [5.41, 5.74) is 1.54. The van der Waals surface area contributed by atoms with Crippen LogP contribution in [0.1, 0.15) is 31.2 Å². The van der Waals surface area contributed by atoms with Crippen LogP contribution in [0, 0.1) is 0 Å². The molecule has 1 aromatic heterocycles. The van der Waals surface area contributed by atoms with Crippen LogP contribution in [0.15, 0.2) is 48.7 Å². The van der Waals surface area contributed by atoms with Crippen LogP contribution in [0.3, 0.4) is 0 Å².